The summed E-state index contributed by atoms with van der Waals surface area (Å²) in [6.45, 7) is 0. The molecular formula is C13H17ClN6O3S. The summed E-state index contributed by atoms with van der Waals surface area (Å²) >= 11 is 0. The topological polar surface area (TPSA) is 147 Å². The molecule has 130 valence electrons. The molecule has 3 rings (SSSR count). The third-order valence-electron chi connectivity index (χ3n) is 3.61. The number of primary sulfonamides is 1. The molecule has 0 bridgehead atoms. The summed E-state index contributed by atoms with van der Waals surface area (Å²) in [4.78, 5) is 19.9. The lowest BCUT2D eigenvalue weighted by Gasteiger charge is -2.38. The van der Waals surface area contributed by atoms with E-state index in [1.807, 2.05) is 6.07 Å². The quantitative estimate of drug-likeness (QED) is 0.567. The van der Waals surface area contributed by atoms with E-state index in [9.17, 15) is 13.2 Å². The maximum Gasteiger partial charge on any atom is 0.274 e. The number of hydrogen-bond acceptors (Lipinski definition) is 6. The number of carbonyl (C=O) groups excluding carboxylic acids is 1. The van der Waals surface area contributed by atoms with Crippen molar-refractivity contribution in [3.05, 3.63) is 47.9 Å². The predicted molar refractivity (Wildman–Crippen MR) is 90.8 cm³/mol. The third-order valence-corrected chi connectivity index (χ3v) is 4.76. The molecule has 0 spiro atoms. The van der Waals surface area contributed by atoms with Crippen molar-refractivity contribution in [3.63, 3.8) is 0 Å². The molecule has 1 aromatic heterocycles. The fourth-order valence-corrected chi connectivity index (χ4v) is 3.53. The van der Waals surface area contributed by atoms with E-state index < -0.39 is 27.6 Å². The van der Waals surface area contributed by atoms with Gasteiger partial charge in [-0.1, -0.05) is 30.3 Å². The van der Waals surface area contributed by atoms with Gasteiger partial charge in [-0.25, -0.2) is 18.5 Å². The summed E-state index contributed by atoms with van der Waals surface area (Å²) in [6.07, 6.45) is 0.360. The van der Waals surface area contributed by atoms with Crippen LogP contribution in [0.4, 0.5) is 5.82 Å². The number of amides is 1. The number of anilines is 1. The van der Waals surface area contributed by atoms with Crippen molar-refractivity contribution in [1.82, 2.24) is 15.3 Å². The van der Waals surface area contributed by atoms with Gasteiger partial charge >= 0.3 is 0 Å². The van der Waals surface area contributed by atoms with E-state index in [4.69, 9.17) is 10.9 Å². The average molecular weight is 373 g/mol. The Hall–Kier alpha value is -2.14. The van der Waals surface area contributed by atoms with Gasteiger partial charge in [0.15, 0.2) is 17.5 Å². The van der Waals surface area contributed by atoms with E-state index in [0.29, 0.717) is 0 Å². The molecule has 0 fully saturated rings. The molecule has 11 heteroatoms. The highest BCUT2D eigenvalue weighted by Gasteiger charge is 2.40. The zero-order valence-corrected chi connectivity index (χ0v) is 14.0. The van der Waals surface area contributed by atoms with Gasteiger partial charge in [-0.15, -0.1) is 12.4 Å². The largest absolute Gasteiger partial charge is 0.339 e. The molecule has 6 N–H and O–H groups in total. The van der Waals surface area contributed by atoms with Crippen molar-refractivity contribution < 1.29 is 13.2 Å². The summed E-state index contributed by atoms with van der Waals surface area (Å²) in [5, 5.41) is 6.72. The van der Waals surface area contributed by atoms with Crippen molar-refractivity contribution in [2.24, 2.45) is 10.9 Å². The minimum atomic E-state index is -3.99. The number of benzene rings is 1. The predicted octanol–water partition coefficient (Wildman–Crippen LogP) is -0.519. The Labute approximate surface area is 144 Å². The van der Waals surface area contributed by atoms with Crippen LogP contribution in [0.3, 0.4) is 0 Å². The molecule has 0 saturated carbocycles. The van der Waals surface area contributed by atoms with Crippen LogP contribution in [0.15, 0.2) is 36.7 Å². The number of H-pyrrole nitrogens is 1. The van der Waals surface area contributed by atoms with E-state index in [-0.39, 0.29) is 30.3 Å². The van der Waals surface area contributed by atoms with Gasteiger partial charge < -0.3 is 15.2 Å². The first-order valence-electron chi connectivity index (χ1n) is 6.81. The number of aromatic nitrogens is 2. The summed E-state index contributed by atoms with van der Waals surface area (Å²) in [6, 6.07) is 9.00. The number of sulfonamides is 1. The monoisotopic (exact) mass is 372 g/mol. The fourth-order valence-electron chi connectivity index (χ4n) is 2.56. The number of hydrogen-bond donors (Lipinski definition) is 4. The molecule has 24 heavy (non-hydrogen) atoms. The van der Waals surface area contributed by atoms with Gasteiger partial charge in [0.1, 0.15) is 5.69 Å². The molecular weight excluding hydrogens is 356 g/mol. The molecule has 1 amide bonds. The normalized spacial score (nSPS) is 18.3. The molecule has 0 aliphatic carbocycles. The van der Waals surface area contributed by atoms with E-state index in [2.05, 4.69) is 15.3 Å². The second kappa shape index (κ2) is 6.77. The second-order valence-electron chi connectivity index (χ2n) is 5.16. The summed E-state index contributed by atoms with van der Waals surface area (Å²) < 4.78 is 24.2. The van der Waals surface area contributed by atoms with Crippen LogP contribution in [0.25, 0.3) is 0 Å². The first kappa shape index (κ1) is 18.2. The number of halogens is 1. The Balaban J connectivity index is 0.00000208. The molecule has 2 aromatic rings. The van der Waals surface area contributed by atoms with Crippen LogP contribution in [0.2, 0.25) is 0 Å². The summed E-state index contributed by atoms with van der Waals surface area (Å²) in [5.74, 6) is -0.287. The highest BCUT2D eigenvalue weighted by atomic mass is 35.5. The van der Waals surface area contributed by atoms with Crippen LogP contribution in [-0.4, -0.2) is 36.0 Å². The number of nitrogens with one attached hydrogen (secondary N) is 2. The van der Waals surface area contributed by atoms with E-state index >= 15 is 0 Å². The number of fused-ring (bicyclic) bond motifs is 1. The van der Waals surface area contributed by atoms with Crippen molar-refractivity contribution in [3.8, 4) is 0 Å². The van der Waals surface area contributed by atoms with Gasteiger partial charge in [0.25, 0.3) is 5.91 Å². The van der Waals surface area contributed by atoms with Gasteiger partial charge in [0.05, 0.1) is 6.33 Å². The second-order valence-corrected chi connectivity index (χ2v) is 6.88. The molecule has 1 aliphatic heterocycles. The van der Waals surface area contributed by atoms with Crippen LogP contribution in [0.1, 0.15) is 16.1 Å². The Morgan fingerprint density at radius 2 is 1.96 bits per heavy atom. The Morgan fingerprint density at radius 3 is 2.58 bits per heavy atom. The molecule has 9 nitrogen and oxygen atoms in total. The fraction of sp³-hybridized carbons (Fsp3) is 0.231. The van der Waals surface area contributed by atoms with Gasteiger partial charge in [-0.05, 0) is 5.56 Å². The maximum absolute atomic E-state index is 12.1. The van der Waals surface area contributed by atoms with Gasteiger partial charge in [0.2, 0.25) is 10.0 Å². The Kier molecular flexibility index (Phi) is 5.13. The molecule has 2 heterocycles. The van der Waals surface area contributed by atoms with Crippen molar-refractivity contribution >= 4 is 34.2 Å². The number of imidazole rings is 1. The molecule has 2 unspecified atom stereocenters. The lowest BCUT2D eigenvalue weighted by Crippen LogP contribution is -2.64. The number of carbonyl (C=O) groups is 1. The van der Waals surface area contributed by atoms with Crippen LogP contribution in [-0.2, 0) is 16.4 Å². The number of nitrogens with two attached hydrogens (primary N) is 2. The lowest BCUT2D eigenvalue weighted by molar-refractivity contribution is 0.0922. The zero-order chi connectivity index (χ0) is 16.6. The highest BCUT2D eigenvalue weighted by molar-refractivity contribution is 7.89. The standard InChI is InChI=1S/C13H16N6O3S.ClH/c14-13-18-12(20)10-11(17-7-16-10)19(13)9(23(15,21)22)6-8-4-2-1-3-5-8;/h1-5,7,9,13H,6,14H2,(H,16,17)(H,18,20)(H2,15,21,22);1H. The Morgan fingerprint density at radius 1 is 1.29 bits per heavy atom. The highest BCUT2D eigenvalue weighted by Crippen LogP contribution is 2.26. The van der Waals surface area contributed by atoms with E-state index in [0.717, 1.165) is 5.56 Å². The molecule has 1 aliphatic rings. The van der Waals surface area contributed by atoms with E-state index in [1.54, 1.807) is 24.3 Å². The SMILES string of the molecule is Cl.NC1NC(=O)c2[nH]cnc2N1C(Cc1ccccc1)S(N)(=O)=O. The van der Waals surface area contributed by atoms with Gasteiger partial charge in [0, 0.05) is 6.42 Å². The van der Waals surface area contributed by atoms with Crippen molar-refractivity contribution in [2.45, 2.75) is 18.1 Å². The van der Waals surface area contributed by atoms with Crippen LogP contribution >= 0.6 is 12.4 Å². The van der Waals surface area contributed by atoms with Crippen molar-refractivity contribution in [2.75, 3.05) is 4.90 Å². The average Bonchev–Trinajstić information content (AvgIpc) is 2.96. The molecule has 0 saturated heterocycles. The molecule has 0 radical (unpaired) electrons. The van der Waals surface area contributed by atoms with Crippen LogP contribution < -0.4 is 21.1 Å². The van der Waals surface area contributed by atoms with Gasteiger partial charge in [-0.2, -0.15) is 0 Å². The Bertz CT molecular complexity index is 825. The minimum absolute atomic E-state index is 0. The summed E-state index contributed by atoms with van der Waals surface area (Å²) in [5.41, 5.74) is 6.83. The molecule has 1 aromatic carbocycles. The number of nitrogens with zero attached hydrogens (tertiary/aromatic N) is 2. The number of aromatic amines is 1. The van der Waals surface area contributed by atoms with E-state index in [1.165, 1.54) is 11.2 Å². The van der Waals surface area contributed by atoms with Crippen LogP contribution in [0, 0.1) is 0 Å². The first-order chi connectivity index (χ1) is 10.9. The maximum atomic E-state index is 12.1. The zero-order valence-electron chi connectivity index (χ0n) is 12.4. The van der Waals surface area contributed by atoms with Gasteiger partial charge in [-0.3, -0.25) is 10.5 Å². The van der Waals surface area contributed by atoms with Crippen molar-refractivity contribution in [1.29, 1.82) is 0 Å². The summed E-state index contributed by atoms with van der Waals surface area (Å²) in [7, 11) is -3.99. The van der Waals surface area contributed by atoms with Crippen LogP contribution in [0.5, 0.6) is 0 Å². The third kappa shape index (κ3) is 3.36. The smallest absolute Gasteiger partial charge is 0.274 e. The number of rotatable bonds is 4. The lowest BCUT2D eigenvalue weighted by atomic mass is 10.1. The minimum Gasteiger partial charge on any atom is -0.339 e. The molecule has 2 atom stereocenters. The first-order valence-corrected chi connectivity index (χ1v) is 8.42.